The van der Waals surface area contributed by atoms with E-state index in [9.17, 15) is 14.7 Å². The summed E-state index contributed by atoms with van der Waals surface area (Å²) in [6, 6.07) is 18.6. The summed E-state index contributed by atoms with van der Waals surface area (Å²) >= 11 is 1.23. The number of nitrogens with zero attached hydrogens (tertiary/aromatic N) is 2. The van der Waals surface area contributed by atoms with Crippen molar-refractivity contribution in [3.05, 3.63) is 88.4 Å². The Morgan fingerprint density at radius 2 is 1.64 bits per heavy atom. The Labute approximate surface area is 164 Å². The normalized spacial score (nSPS) is 11.2. The predicted octanol–water partition coefficient (Wildman–Crippen LogP) is 3.28. The van der Waals surface area contributed by atoms with Crippen LogP contribution in [-0.2, 0) is 19.2 Å². The molecule has 0 bridgehead atoms. The Kier molecular flexibility index (Phi) is 6.48. The van der Waals surface area contributed by atoms with E-state index in [0.717, 1.165) is 11.1 Å². The van der Waals surface area contributed by atoms with Crippen LogP contribution in [0, 0.1) is 0 Å². The number of thiazole rings is 1. The van der Waals surface area contributed by atoms with Gasteiger partial charge >= 0.3 is 11.9 Å². The van der Waals surface area contributed by atoms with Crippen molar-refractivity contribution in [2.75, 3.05) is 6.61 Å². The molecule has 0 spiro atoms. The Bertz CT molecular complexity index is 904. The van der Waals surface area contributed by atoms with Crippen molar-refractivity contribution in [2.45, 2.75) is 6.10 Å². The molecule has 0 amide bonds. The van der Waals surface area contributed by atoms with Crippen LogP contribution in [0.2, 0.25) is 0 Å². The van der Waals surface area contributed by atoms with Gasteiger partial charge in [-0.25, -0.2) is 14.6 Å². The highest BCUT2D eigenvalue weighted by molar-refractivity contribution is 7.07. The molecule has 0 radical (unpaired) electrons. The fourth-order valence-corrected chi connectivity index (χ4v) is 2.96. The summed E-state index contributed by atoms with van der Waals surface area (Å²) in [5.41, 5.74) is 2.87. The molecule has 0 unspecified atom stereocenters. The molecule has 0 aliphatic carbocycles. The van der Waals surface area contributed by atoms with Gasteiger partial charge in [0.25, 0.3) is 0 Å². The Balaban J connectivity index is 1.69. The number of carboxylic acid groups (broad SMARTS) is 1. The van der Waals surface area contributed by atoms with Gasteiger partial charge in [-0.2, -0.15) is 0 Å². The molecule has 3 aromatic rings. The maximum Gasteiger partial charge on any atom is 0.360 e. The average Bonchev–Trinajstić information content (AvgIpc) is 3.25. The molecule has 1 heterocycles. The minimum atomic E-state index is -1.30. The van der Waals surface area contributed by atoms with Crippen LogP contribution in [0.4, 0.5) is 0 Å². The van der Waals surface area contributed by atoms with Crippen molar-refractivity contribution in [2.24, 2.45) is 5.16 Å². The summed E-state index contributed by atoms with van der Waals surface area (Å²) in [5.74, 6) is -1.98. The molecular formula is C20H16N2O5S. The third-order valence-electron chi connectivity index (χ3n) is 3.67. The highest BCUT2D eigenvalue weighted by Gasteiger charge is 2.20. The number of hydrogen-bond acceptors (Lipinski definition) is 7. The van der Waals surface area contributed by atoms with Crippen LogP contribution in [0.3, 0.4) is 0 Å². The summed E-state index contributed by atoms with van der Waals surface area (Å²) in [7, 11) is 0. The van der Waals surface area contributed by atoms with Gasteiger partial charge in [-0.15, -0.1) is 11.3 Å². The largest absolute Gasteiger partial charge is 0.476 e. The summed E-state index contributed by atoms with van der Waals surface area (Å²) in [6.07, 6.45) is -0.611. The first-order chi connectivity index (χ1) is 13.6. The van der Waals surface area contributed by atoms with E-state index < -0.39 is 24.6 Å². The minimum Gasteiger partial charge on any atom is -0.476 e. The number of oxime groups is 1. The van der Waals surface area contributed by atoms with Crippen molar-refractivity contribution >= 4 is 29.0 Å². The number of aliphatic carboxylic acids is 1. The summed E-state index contributed by atoms with van der Waals surface area (Å²) < 4.78 is 5.56. The molecule has 1 aromatic heterocycles. The van der Waals surface area contributed by atoms with E-state index in [2.05, 4.69) is 10.1 Å². The van der Waals surface area contributed by atoms with E-state index in [1.165, 1.54) is 22.2 Å². The van der Waals surface area contributed by atoms with E-state index in [-0.39, 0.29) is 11.4 Å². The van der Waals surface area contributed by atoms with Gasteiger partial charge in [0.05, 0.1) is 5.51 Å². The molecule has 0 aliphatic heterocycles. The van der Waals surface area contributed by atoms with Gasteiger partial charge in [0.1, 0.15) is 5.69 Å². The summed E-state index contributed by atoms with van der Waals surface area (Å²) in [6.45, 7) is -0.531. The molecule has 0 atom stereocenters. The molecule has 28 heavy (non-hydrogen) atoms. The van der Waals surface area contributed by atoms with E-state index in [1.54, 1.807) is 0 Å². The Morgan fingerprint density at radius 3 is 2.14 bits per heavy atom. The second-order valence-electron chi connectivity index (χ2n) is 5.58. The van der Waals surface area contributed by atoms with E-state index in [4.69, 9.17) is 9.57 Å². The number of rotatable bonds is 8. The van der Waals surface area contributed by atoms with Crippen molar-refractivity contribution in [1.82, 2.24) is 4.98 Å². The molecule has 0 fully saturated rings. The zero-order valence-corrected chi connectivity index (χ0v) is 15.4. The Hall–Kier alpha value is -3.52. The monoisotopic (exact) mass is 396 g/mol. The number of esters is 1. The number of carboxylic acids is 1. The first-order valence-corrected chi connectivity index (χ1v) is 9.20. The molecule has 7 nitrogen and oxygen atoms in total. The van der Waals surface area contributed by atoms with E-state index in [1.807, 2.05) is 60.7 Å². The molecule has 0 saturated carbocycles. The van der Waals surface area contributed by atoms with Gasteiger partial charge in [-0.3, -0.25) is 0 Å². The van der Waals surface area contributed by atoms with Crippen LogP contribution in [0.15, 0.2) is 76.7 Å². The third-order valence-corrected chi connectivity index (χ3v) is 4.26. The molecule has 3 rings (SSSR count). The molecule has 142 valence electrons. The smallest absolute Gasteiger partial charge is 0.360 e. The fraction of sp³-hybridized carbons (Fsp3) is 0.100. The summed E-state index contributed by atoms with van der Waals surface area (Å²) in [4.78, 5) is 32.3. The van der Waals surface area contributed by atoms with Crippen LogP contribution in [0.25, 0.3) is 0 Å². The van der Waals surface area contributed by atoms with Gasteiger partial charge in [0.2, 0.25) is 12.3 Å². The standard InChI is InChI=1S/C20H16N2O5S/c23-17(11-26-22-18(20(24)25)16-12-28-13-21-16)27-19(14-7-3-1-4-8-14)15-9-5-2-6-10-15/h1-10,12-13,19H,11H2,(H,24,25). The highest BCUT2D eigenvalue weighted by Crippen LogP contribution is 2.25. The SMILES string of the molecule is O=C(CON=C(C(=O)O)c1cscn1)OC(c1ccccc1)c1ccccc1. The number of benzene rings is 2. The molecule has 2 aromatic carbocycles. The number of ether oxygens (including phenoxy) is 1. The van der Waals surface area contributed by atoms with Gasteiger partial charge < -0.3 is 14.7 Å². The van der Waals surface area contributed by atoms with Gasteiger partial charge in [0, 0.05) is 5.38 Å². The quantitative estimate of drug-likeness (QED) is 0.356. The minimum absolute atomic E-state index is 0.164. The lowest BCUT2D eigenvalue weighted by atomic mass is 10.0. The number of carbonyl (C=O) groups excluding carboxylic acids is 1. The molecule has 0 aliphatic rings. The van der Waals surface area contributed by atoms with Gasteiger partial charge in [-0.1, -0.05) is 65.8 Å². The number of carbonyl (C=O) groups is 2. The first-order valence-electron chi connectivity index (χ1n) is 8.26. The lowest BCUT2D eigenvalue weighted by Crippen LogP contribution is -2.19. The van der Waals surface area contributed by atoms with Crippen molar-refractivity contribution < 1.29 is 24.3 Å². The van der Waals surface area contributed by atoms with Crippen LogP contribution >= 0.6 is 11.3 Å². The van der Waals surface area contributed by atoms with E-state index >= 15 is 0 Å². The van der Waals surface area contributed by atoms with Crippen LogP contribution in [0.1, 0.15) is 22.9 Å². The van der Waals surface area contributed by atoms with Gasteiger partial charge in [-0.05, 0) is 11.1 Å². The number of aromatic nitrogens is 1. The van der Waals surface area contributed by atoms with E-state index in [0.29, 0.717) is 0 Å². The second-order valence-corrected chi connectivity index (χ2v) is 6.30. The van der Waals surface area contributed by atoms with Crippen LogP contribution < -0.4 is 0 Å². The fourth-order valence-electron chi connectivity index (χ4n) is 2.42. The second kappa shape index (κ2) is 9.43. The zero-order valence-electron chi connectivity index (χ0n) is 14.6. The predicted molar refractivity (Wildman–Crippen MR) is 103 cm³/mol. The van der Waals surface area contributed by atoms with Crippen molar-refractivity contribution in [3.63, 3.8) is 0 Å². The average molecular weight is 396 g/mol. The molecule has 8 heteroatoms. The molecular weight excluding hydrogens is 380 g/mol. The third kappa shape index (κ3) is 5.01. The van der Waals surface area contributed by atoms with Gasteiger partial charge in [0.15, 0.2) is 6.10 Å². The lowest BCUT2D eigenvalue weighted by Gasteiger charge is -2.18. The maximum absolute atomic E-state index is 12.3. The van der Waals surface area contributed by atoms with Crippen LogP contribution in [0.5, 0.6) is 0 Å². The maximum atomic E-state index is 12.3. The first kappa shape index (κ1) is 19.2. The number of hydrogen-bond donors (Lipinski definition) is 1. The Morgan fingerprint density at radius 1 is 1.04 bits per heavy atom. The summed E-state index contributed by atoms with van der Waals surface area (Å²) in [5, 5.41) is 14.2. The zero-order chi connectivity index (χ0) is 19.8. The van der Waals surface area contributed by atoms with Crippen molar-refractivity contribution in [1.29, 1.82) is 0 Å². The molecule has 0 saturated heterocycles. The highest BCUT2D eigenvalue weighted by atomic mass is 32.1. The topological polar surface area (TPSA) is 98.1 Å². The van der Waals surface area contributed by atoms with Crippen LogP contribution in [-0.4, -0.2) is 34.3 Å². The van der Waals surface area contributed by atoms with Crippen molar-refractivity contribution in [3.8, 4) is 0 Å². The lowest BCUT2D eigenvalue weighted by molar-refractivity contribution is -0.153. The molecule has 1 N–H and O–H groups in total.